The third-order valence-electron chi connectivity index (χ3n) is 6.53. The van der Waals surface area contributed by atoms with E-state index in [4.69, 9.17) is 15.9 Å². The number of amidine groups is 1. The number of ether oxygens (including phenoxy) is 1. The topological polar surface area (TPSA) is 157 Å². The highest BCUT2D eigenvalue weighted by Gasteiger charge is 2.41. The zero-order chi connectivity index (χ0) is 26.7. The van der Waals surface area contributed by atoms with Crippen LogP contribution >= 0.6 is 0 Å². The molecule has 10 nitrogen and oxygen atoms in total. The summed E-state index contributed by atoms with van der Waals surface area (Å²) in [4.78, 5) is 27.2. The van der Waals surface area contributed by atoms with E-state index in [1.165, 1.54) is 12.0 Å². The van der Waals surface area contributed by atoms with E-state index in [0.29, 0.717) is 29.0 Å². The van der Waals surface area contributed by atoms with Gasteiger partial charge in [0.2, 0.25) is 5.91 Å². The minimum absolute atomic E-state index is 0.0397. The Morgan fingerprint density at radius 3 is 2.57 bits per heavy atom. The number of piperidine rings is 1. The zero-order valence-corrected chi connectivity index (χ0v) is 21.0. The van der Waals surface area contributed by atoms with Crippen LogP contribution in [0.3, 0.4) is 0 Å². The molecule has 4 rings (SSSR count). The first-order chi connectivity index (χ1) is 17.7. The van der Waals surface area contributed by atoms with Crippen molar-refractivity contribution >= 4 is 45.4 Å². The van der Waals surface area contributed by atoms with Gasteiger partial charge in [-0.2, -0.15) is 0 Å². The number of methoxy groups -OCH3 is 1. The summed E-state index contributed by atoms with van der Waals surface area (Å²) in [7, 11) is 1.50. The number of amides is 1. The molecule has 37 heavy (non-hydrogen) atoms. The van der Waals surface area contributed by atoms with E-state index >= 15 is 0 Å². The van der Waals surface area contributed by atoms with Crippen molar-refractivity contribution in [1.82, 2.24) is 4.90 Å². The fourth-order valence-electron chi connectivity index (χ4n) is 4.72. The highest BCUT2D eigenvalue weighted by molar-refractivity contribution is 7.80. The number of hydrogen-bond acceptors (Lipinski definition) is 5. The van der Waals surface area contributed by atoms with Gasteiger partial charge in [-0.1, -0.05) is 48.5 Å². The smallest absolute Gasteiger partial charge is 0.326 e. The lowest BCUT2D eigenvalue weighted by atomic mass is 9.97. The van der Waals surface area contributed by atoms with Gasteiger partial charge in [-0.05, 0) is 29.9 Å². The number of nitrogens with one attached hydrogen (secondary N) is 1. The number of likely N-dealkylation sites (tertiary alicyclic amines) is 1. The van der Waals surface area contributed by atoms with E-state index in [1.807, 2.05) is 24.3 Å². The predicted octanol–water partition coefficient (Wildman–Crippen LogP) is 2.76. The molecule has 5 N–H and O–H groups in total. The van der Waals surface area contributed by atoms with Crippen LogP contribution < -0.4 is 14.8 Å². The minimum atomic E-state index is -2.56. The molecule has 3 atom stereocenters. The Kier molecular flexibility index (Phi) is 7.74. The van der Waals surface area contributed by atoms with Crippen molar-refractivity contribution in [3.05, 3.63) is 71.8 Å². The Balaban J connectivity index is 1.65. The van der Waals surface area contributed by atoms with Crippen LogP contribution in [0.15, 0.2) is 60.7 Å². The summed E-state index contributed by atoms with van der Waals surface area (Å²) in [6.07, 6.45) is 0.788. The van der Waals surface area contributed by atoms with Gasteiger partial charge in [-0.25, -0.2) is 9.00 Å². The molecule has 0 radical (unpaired) electrons. The average Bonchev–Trinajstić information content (AvgIpc) is 2.88. The highest BCUT2D eigenvalue weighted by Crippen LogP contribution is 2.35. The van der Waals surface area contributed by atoms with Gasteiger partial charge in [0.25, 0.3) is 11.3 Å². The second-order valence-electron chi connectivity index (χ2n) is 8.78. The lowest BCUT2D eigenvalue weighted by molar-refractivity contribution is -0.152. The summed E-state index contributed by atoms with van der Waals surface area (Å²) in [6.45, 7) is 0.213. The first-order valence-electron chi connectivity index (χ1n) is 11.6. The zero-order valence-electron chi connectivity index (χ0n) is 20.2. The Morgan fingerprint density at radius 1 is 1.24 bits per heavy atom. The molecule has 0 spiro atoms. The number of nitrogen functional groups attached to an aromatic ring is 1. The highest BCUT2D eigenvalue weighted by atomic mass is 32.2. The molecule has 1 fully saturated rings. The molecule has 0 saturated carbocycles. The number of benzene rings is 3. The lowest BCUT2D eigenvalue weighted by Crippen LogP contribution is -2.58. The molecular formula is C26H28N4O6S. The average molecular weight is 525 g/mol. The molecule has 194 valence electrons. The van der Waals surface area contributed by atoms with Gasteiger partial charge in [0.15, 0.2) is 0 Å². The van der Waals surface area contributed by atoms with Crippen LogP contribution in [0.4, 0.5) is 5.69 Å². The van der Waals surface area contributed by atoms with Crippen LogP contribution in [0, 0.1) is 5.41 Å². The van der Waals surface area contributed by atoms with Crippen LogP contribution in [0.25, 0.3) is 10.8 Å². The van der Waals surface area contributed by atoms with Crippen LogP contribution in [0.2, 0.25) is 0 Å². The van der Waals surface area contributed by atoms with Crippen LogP contribution in [-0.4, -0.2) is 62.2 Å². The third kappa shape index (κ3) is 5.42. The standard InChI is InChI=1S/C26H28N4O6S/c1-36-23-15-19(14-18-5-2-3-6-20(18)23)30(37(34)35)21-7-4-12-29(25(21)31)22(26(32)33)13-16-8-10-17(11-9-16)24(27)28/h2-3,5-6,8-11,14-15,21-22H,4,7,12-13H2,1H3,(H3,27,28)(H,32,33)(H,34,35). The molecule has 1 saturated heterocycles. The number of carbonyl (C=O) groups is 2. The minimum Gasteiger partial charge on any atom is -0.496 e. The van der Waals surface area contributed by atoms with E-state index in [0.717, 1.165) is 15.1 Å². The molecule has 1 aliphatic rings. The summed E-state index contributed by atoms with van der Waals surface area (Å²) >= 11 is -2.56. The van der Waals surface area contributed by atoms with Crippen LogP contribution in [-0.2, 0) is 27.3 Å². The normalized spacial score (nSPS) is 17.3. The molecule has 0 aromatic heterocycles. The largest absolute Gasteiger partial charge is 0.496 e. The van der Waals surface area contributed by atoms with Crippen molar-refractivity contribution < 1.29 is 28.2 Å². The SMILES string of the molecule is COc1cc(N(C2CCCN(C(Cc3ccc(C(=N)N)cc3)C(=O)O)C2=O)S(=O)O)cc2ccccc12. The number of hydrogen-bond donors (Lipinski definition) is 4. The number of nitrogens with zero attached hydrogens (tertiary/aromatic N) is 2. The molecule has 11 heteroatoms. The van der Waals surface area contributed by atoms with Crippen molar-refractivity contribution in [3.8, 4) is 5.75 Å². The van der Waals surface area contributed by atoms with Crippen molar-refractivity contribution in [2.24, 2.45) is 5.73 Å². The number of anilines is 1. The van der Waals surface area contributed by atoms with Gasteiger partial charge < -0.3 is 20.5 Å². The molecule has 0 bridgehead atoms. The first-order valence-corrected chi connectivity index (χ1v) is 12.7. The molecule has 1 heterocycles. The second kappa shape index (κ2) is 11.0. The first kappa shape index (κ1) is 26.1. The third-order valence-corrected chi connectivity index (χ3v) is 7.34. The van der Waals surface area contributed by atoms with E-state index in [1.54, 1.807) is 36.4 Å². The van der Waals surface area contributed by atoms with Crippen molar-refractivity contribution in [2.75, 3.05) is 18.0 Å². The molecule has 3 aromatic carbocycles. The van der Waals surface area contributed by atoms with E-state index in [2.05, 4.69) is 0 Å². The van der Waals surface area contributed by atoms with Gasteiger partial charge in [-0.15, -0.1) is 0 Å². The van der Waals surface area contributed by atoms with Gasteiger partial charge >= 0.3 is 5.97 Å². The number of rotatable bonds is 9. The Bertz CT molecular complexity index is 1360. The van der Waals surface area contributed by atoms with Gasteiger partial charge in [0.1, 0.15) is 23.7 Å². The van der Waals surface area contributed by atoms with E-state index in [-0.39, 0.29) is 25.2 Å². The summed E-state index contributed by atoms with van der Waals surface area (Å²) in [5, 5.41) is 19.1. The Labute approximate surface area is 216 Å². The number of fused-ring (bicyclic) bond motifs is 1. The maximum Gasteiger partial charge on any atom is 0.326 e. The summed E-state index contributed by atoms with van der Waals surface area (Å²) in [5.41, 5.74) is 6.99. The van der Waals surface area contributed by atoms with Crippen molar-refractivity contribution in [3.63, 3.8) is 0 Å². The van der Waals surface area contributed by atoms with Gasteiger partial charge in [-0.3, -0.25) is 19.1 Å². The lowest BCUT2D eigenvalue weighted by Gasteiger charge is -2.40. The molecule has 1 aliphatic heterocycles. The number of carboxylic acids is 1. The Hall–Kier alpha value is -3.96. The monoisotopic (exact) mass is 524 g/mol. The van der Waals surface area contributed by atoms with E-state index < -0.39 is 35.2 Å². The number of carboxylic acid groups (broad SMARTS) is 1. The van der Waals surface area contributed by atoms with Crippen LogP contribution in [0.5, 0.6) is 5.75 Å². The molecule has 0 aliphatic carbocycles. The molecular weight excluding hydrogens is 496 g/mol. The summed E-state index contributed by atoms with van der Waals surface area (Å²) in [6, 6.07) is 15.1. The van der Waals surface area contributed by atoms with Gasteiger partial charge in [0, 0.05) is 30.0 Å². The maximum absolute atomic E-state index is 13.6. The van der Waals surface area contributed by atoms with Crippen molar-refractivity contribution in [1.29, 1.82) is 5.41 Å². The molecule has 1 amide bonds. The fraction of sp³-hybridized carbons (Fsp3) is 0.269. The van der Waals surface area contributed by atoms with Gasteiger partial charge in [0.05, 0.1) is 12.8 Å². The molecule has 3 aromatic rings. The summed E-state index contributed by atoms with van der Waals surface area (Å²) < 4.78 is 29.4. The number of aliphatic carboxylic acids is 1. The maximum atomic E-state index is 13.6. The number of nitrogens with two attached hydrogens (primary N) is 1. The van der Waals surface area contributed by atoms with Crippen LogP contribution in [0.1, 0.15) is 24.0 Å². The predicted molar refractivity (Wildman–Crippen MR) is 141 cm³/mol. The van der Waals surface area contributed by atoms with E-state index in [9.17, 15) is 23.5 Å². The number of carbonyl (C=O) groups excluding carboxylic acids is 1. The fourth-order valence-corrected chi connectivity index (χ4v) is 5.42. The molecule has 3 unspecified atom stereocenters. The van der Waals surface area contributed by atoms with Crippen molar-refractivity contribution in [2.45, 2.75) is 31.3 Å². The quantitative estimate of drug-likeness (QED) is 0.190. The second-order valence-corrected chi connectivity index (χ2v) is 9.64. The summed E-state index contributed by atoms with van der Waals surface area (Å²) in [5.74, 6) is -1.32. The Morgan fingerprint density at radius 2 is 1.95 bits per heavy atom.